The van der Waals surface area contributed by atoms with Gasteiger partial charge in [-0.1, -0.05) is 11.6 Å². The van der Waals surface area contributed by atoms with Gasteiger partial charge in [0, 0.05) is 18.2 Å². The number of benzene rings is 1. The highest BCUT2D eigenvalue weighted by atomic mass is 35.5. The Morgan fingerprint density at radius 3 is 2.40 bits per heavy atom. The summed E-state index contributed by atoms with van der Waals surface area (Å²) >= 11 is 5.52. The molecular weight excluding hydrogens is 393 g/mol. The number of rotatable bonds is 5. The van der Waals surface area contributed by atoms with Gasteiger partial charge < -0.3 is 4.74 Å². The summed E-state index contributed by atoms with van der Waals surface area (Å²) in [6.07, 6.45) is 0. The molecule has 1 aromatic carbocycles. The zero-order valence-corrected chi connectivity index (χ0v) is 13.3. The number of nitrogens with one attached hydrogen (secondary N) is 1. The molecule has 2 aromatic rings. The summed E-state index contributed by atoms with van der Waals surface area (Å²) in [5, 5.41) is 17.9. The van der Waals surface area contributed by atoms with Crippen molar-refractivity contribution < 1.29 is 31.2 Å². The molecule has 0 aliphatic rings. The number of hydrogen-bond donors (Lipinski definition) is 1. The highest BCUT2D eigenvalue weighted by molar-refractivity contribution is 7.93. The van der Waals surface area contributed by atoms with E-state index in [-0.39, 0.29) is 16.8 Å². The van der Waals surface area contributed by atoms with Crippen molar-refractivity contribution in [2.24, 2.45) is 0 Å². The predicted molar refractivity (Wildman–Crippen MR) is 78.8 cm³/mol. The highest BCUT2D eigenvalue weighted by Crippen LogP contribution is 2.34. The molecular formula is C11H6ClF3N4O5S. The van der Waals surface area contributed by atoms with Gasteiger partial charge in [-0.05, 0) is 12.1 Å². The molecule has 1 N–H and O–H groups in total. The number of hydrogen-bond acceptors (Lipinski definition) is 7. The monoisotopic (exact) mass is 398 g/mol. The van der Waals surface area contributed by atoms with Crippen molar-refractivity contribution in [2.75, 3.05) is 4.72 Å². The van der Waals surface area contributed by atoms with Crippen LogP contribution in [0, 0.1) is 10.1 Å². The number of aromatic nitrogens is 2. The minimum atomic E-state index is -5.86. The third-order valence-electron chi connectivity index (χ3n) is 2.54. The van der Waals surface area contributed by atoms with Crippen molar-refractivity contribution in [1.82, 2.24) is 10.2 Å². The second kappa shape index (κ2) is 6.68. The van der Waals surface area contributed by atoms with Crippen molar-refractivity contribution in [1.29, 1.82) is 0 Å². The van der Waals surface area contributed by atoms with Crippen LogP contribution in [0.4, 0.5) is 24.5 Å². The molecule has 0 aliphatic heterocycles. The van der Waals surface area contributed by atoms with Gasteiger partial charge in [0.2, 0.25) is 5.88 Å². The molecule has 134 valence electrons. The first kappa shape index (κ1) is 18.7. The molecule has 25 heavy (non-hydrogen) atoms. The highest BCUT2D eigenvalue weighted by Gasteiger charge is 2.46. The summed E-state index contributed by atoms with van der Waals surface area (Å²) in [4.78, 5) is 9.82. The molecule has 1 heterocycles. The van der Waals surface area contributed by atoms with E-state index in [0.717, 1.165) is 16.9 Å². The zero-order valence-electron chi connectivity index (χ0n) is 11.7. The van der Waals surface area contributed by atoms with Gasteiger partial charge >= 0.3 is 15.5 Å². The first-order valence-corrected chi connectivity index (χ1v) is 7.90. The molecule has 0 atom stereocenters. The smallest absolute Gasteiger partial charge is 0.437 e. The molecule has 0 fully saturated rings. The lowest BCUT2D eigenvalue weighted by molar-refractivity contribution is -0.383. The van der Waals surface area contributed by atoms with Gasteiger partial charge in [0.05, 0.1) is 4.92 Å². The molecule has 0 spiro atoms. The Hall–Kier alpha value is -2.67. The van der Waals surface area contributed by atoms with E-state index in [1.165, 1.54) is 12.1 Å². The summed E-state index contributed by atoms with van der Waals surface area (Å²) < 4.78 is 65.9. The molecule has 0 saturated heterocycles. The van der Waals surface area contributed by atoms with E-state index in [1.807, 2.05) is 0 Å². The van der Waals surface area contributed by atoms with Crippen LogP contribution in [-0.4, -0.2) is 29.0 Å². The molecule has 1 aromatic heterocycles. The summed E-state index contributed by atoms with van der Waals surface area (Å²) in [6.45, 7) is 0. The Morgan fingerprint density at radius 2 is 1.88 bits per heavy atom. The largest absolute Gasteiger partial charge is 0.516 e. The fraction of sp³-hybridized carbons (Fsp3) is 0.0909. The van der Waals surface area contributed by atoms with E-state index >= 15 is 0 Å². The first-order valence-electron chi connectivity index (χ1n) is 6.04. The summed E-state index contributed by atoms with van der Waals surface area (Å²) in [5.41, 5.74) is -7.48. The molecule has 0 radical (unpaired) electrons. The molecule has 14 heteroatoms. The number of nitro benzene ring substituents is 1. The number of alkyl halides is 3. The average molecular weight is 399 g/mol. The number of nitro groups is 1. The van der Waals surface area contributed by atoms with E-state index in [0.29, 0.717) is 6.07 Å². The molecule has 0 aliphatic carbocycles. The Kier molecular flexibility index (Phi) is 4.99. The lowest BCUT2D eigenvalue weighted by Crippen LogP contribution is -2.30. The van der Waals surface area contributed by atoms with Crippen molar-refractivity contribution in [2.45, 2.75) is 5.51 Å². The molecule has 2 rings (SSSR count). The zero-order chi connectivity index (χ0) is 18.8. The Balaban J connectivity index is 2.39. The van der Waals surface area contributed by atoms with Gasteiger partial charge in [-0.3, -0.25) is 14.8 Å². The van der Waals surface area contributed by atoms with Gasteiger partial charge in [-0.15, -0.1) is 10.2 Å². The maximum absolute atomic E-state index is 12.5. The van der Waals surface area contributed by atoms with Crippen LogP contribution in [0.15, 0.2) is 30.3 Å². The second-order valence-corrected chi connectivity index (χ2v) is 6.34. The fourth-order valence-electron chi connectivity index (χ4n) is 1.50. The van der Waals surface area contributed by atoms with Gasteiger partial charge in [0.1, 0.15) is 11.4 Å². The number of nitrogens with zero attached hydrogens (tertiary/aromatic N) is 3. The predicted octanol–water partition coefficient (Wildman–Crippen LogP) is 3.09. The molecule has 9 nitrogen and oxygen atoms in total. The number of halogens is 4. The van der Waals surface area contributed by atoms with Crippen LogP contribution in [-0.2, 0) is 10.0 Å². The lowest BCUT2D eigenvalue weighted by Gasteiger charge is -2.12. The third kappa shape index (κ3) is 4.45. The summed E-state index contributed by atoms with van der Waals surface area (Å²) in [6, 6.07) is 5.10. The Morgan fingerprint density at radius 1 is 1.20 bits per heavy atom. The summed E-state index contributed by atoms with van der Waals surface area (Å²) in [7, 11) is -5.86. The van der Waals surface area contributed by atoms with E-state index in [2.05, 4.69) is 10.2 Å². The summed E-state index contributed by atoms with van der Waals surface area (Å²) in [5.74, 6) is -0.343. The van der Waals surface area contributed by atoms with Crippen LogP contribution in [0.5, 0.6) is 11.6 Å². The van der Waals surface area contributed by atoms with Crippen LogP contribution in [0.25, 0.3) is 0 Å². The van der Waals surface area contributed by atoms with E-state index in [4.69, 9.17) is 16.3 Å². The van der Waals surface area contributed by atoms with E-state index in [9.17, 15) is 31.7 Å². The van der Waals surface area contributed by atoms with Crippen LogP contribution in [0.2, 0.25) is 5.15 Å². The molecule has 0 saturated carbocycles. The lowest BCUT2D eigenvalue weighted by atomic mass is 10.2. The van der Waals surface area contributed by atoms with Crippen LogP contribution >= 0.6 is 11.6 Å². The normalized spacial score (nSPS) is 11.8. The van der Waals surface area contributed by atoms with Gasteiger partial charge in [0.25, 0.3) is 5.69 Å². The maximum atomic E-state index is 12.5. The quantitative estimate of drug-likeness (QED) is 0.606. The van der Waals surface area contributed by atoms with Crippen LogP contribution in [0.1, 0.15) is 0 Å². The van der Waals surface area contributed by atoms with Crippen LogP contribution in [0.3, 0.4) is 0 Å². The standard InChI is InChI=1S/C11H6ClF3N4O5S/c12-9-3-4-10(17-16-9)24-6-1-2-8(19(20)21)7(5-6)18-25(22,23)11(13,14)15/h1-5,18H. The number of ether oxygens (including phenoxy) is 1. The van der Waals surface area contributed by atoms with Gasteiger partial charge in [-0.25, -0.2) is 0 Å². The number of sulfonamides is 1. The van der Waals surface area contributed by atoms with Crippen molar-refractivity contribution >= 4 is 33.0 Å². The second-order valence-electron chi connectivity index (χ2n) is 4.28. The Labute approximate surface area is 142 Å². The minimum absolute atomic E-state index is 0.0506. The SMILES string of the molecule is O=[N+]([O-])c1ccc(Oc2ccc(Cl)nn2)cc1NS(=O)(=O)C(F)(F)F. The van der Waals surface area contributed by atoms with Crippen molar-refractivity contribution in [3.63, 3.8) is 0 Å². The fourth-order valence-corrected chi connectivity index (χ4v) is 2.17. The maximum Gasteiger partial charge on any atom is 0.516 e. The third-order valence-corrected chi connectivity index (χ3v) is 3.84. The van der Waals surface area contributed by atoms with E-state index < -0.39 is 31.8 Å². The van der Waals surface area contributed by atoms with Gasteiger partial charge in [-0.2, -0.15) is 21.6 Å². The van der Waals surface area contributed by atoms with Gasteiger partial charge in [0.15, 0.2) is 5.15 Å². The van der Waals surface area contributed by atoms with Crippen molar-refractivity contribution in [3.05, 3.63) is 45.6 Å². The van der Waals surface area contributed by atoms with Crippen molar-refractivity contribution in [3.8, 4) is 11.6 Å². The average Bonchev–Trinajstić information content (AvgIpc) is 2.48. The molecule has 0 unspecified atom stereocenters. The minimum Gasteiger partial charge on any atom is -0.437 e. The van der Waals surface area contributed by atoms with E-state index in [1.54, 1.807) is 0 Å². The van der Waals surface area contributed by atoms with Crippen LogP contribution < -0.4 is 9.46 Å². The number of anilines is 1. The molecule has 0 amide bonds. The topological polar surface area (TPSA) is 124 Å². The first-order chi connectivity index (χ1) is 11.5. The Bertz CT molecular complexity index is 905. The molecule has 0 bridgehead atoms.